The minimum absolute atomic E-state index is 0. The van der Waals surface area contributed by atoms with Crippen LogP contribution in [0.2, 0.25) is 0 Å². The number of halogens is 1. The zero-order valence-corrected chi connectivity index (χ0v) is 21.6. The number of rotatable bonds is 6. The second-order valence-electron chi connectivity index (χ2n) is 7.82. The van der Waals surface area contributed by atoms with E-state index in [1.165, 1.54) is 4.70 Å². The molecule has 1 aliphatic heterocycles. The quantitative estimate of drug-likeness (QED) is 0.242. The lowest BCUT2D eigenvalue weighted by molar-refractivity contribution is 0.184. The number of likely N-dealkylation sites (N-methyl/N-ethyl adjacent to an activating group) is 1. The van der Waals surface area contributed by atoms with Crippen LogP contribution in [0.1, 0.15) is 16.5 Å². The fraction of sp³-hybridized carbons (Fsp3) is 0.391. The third-order valence-electron chi connectivity index (χ3n) is 5.56. The summed E-state index contributed by atoms with van der Waals surface area (Å²) in [4.78, 5) is 14.5. The fourth-order valence-electron chi connectivity index (χ4n) is 3.61. The van der Waals surface area contributed by atoms with E-state index in [9.17, 15) is 5.11 Å². The molecule has 172 valence electrons. The molecule has 3 aromatic rings. The first-order valence-electron chi connectivity index (χ1n) is 10.6. The number of nitrogens with one attached hydrogen (secondary N) is 2. The van der Waals surface area contributed by atoms with Crippen LogP contribution in [0.3, 0.4) is 0 Å². The number of guanidine groups is 1. The van der Waals surface area contributed by atoms with Gasteiger partial charge in [0.05, 0.1) is 0 Å². The first kappa shape index (κ1) is 24.7. The molecule has 3 N–H and O–H groups in total. The van der Waals surface area contributed by atoms with Crippen molar-refractivity contribution in [3.8, 4) is 0 Å². The molecule has 0 spiro atoms. The lowest BCUT2D eigenvalue weighted by Gasteiger charge is -2.33. The number of pyridine rings is 1. The number of piperazine rings is 1. The Hall–Kier alpha value is -1.95. The molecule has 0 amide bonds. The van der Waals surface area contributed by atoms with E-state index in [2.05, 4.69) is 67.8 Å². The highest BCUT2D eigenvalue weighted by molar-refractivity contribution is 14.0. The Labute approximate surface area is 210 Å². The predicted octanol–water partition coefficient (Wildman–Crippen LogP) is 3.06. The van der Waals surface area contributed by atoms with Crippen molar-refractivity contribution in [3.63, 3.8) is 0 Å². The number of hydrogen-bond acceptors (Lipinski definition) is 6. The van der Waals surface area contributed by atoms with E-state index in [-0.39, 0.29) is 24.0 Å². The van der Waals surface area contributed by atoms with Crippen LogP contribution in [-0.4, -0.2) is 67.8 Å². The number of aliphatic hydroxyl groups is 1. The lowest BCUT2D eigenvalue weighted by Crippen LogP contribution is -2.44. The average molecular weight is 567 g/mol. The number of aromatic nitrogens is 1. The van der Waals surface area contributed by atoms with Gasteiger partial charge in [-0.1, -0.05) is 24.3 Å². The Kier molecular flexibility index (Phi) is 9.09. The summed E-state index contributed by atoms with van der Waals surface area (Å²) in [6, 6.07) is 14.4. The Bertz CT molecular complexity index is 984. The first-order chi connectivity index (χ1) is 15.1. The molecule has 9 heteroatoms. The number of anilines is 1. The van der Waals surface area contributed by atoms with E-state index in [4.69, 9.17) is 0 Å². The van der Waals surface area contributed by atoms with Crippen LogP contribution in [0.5, 0.6) is 0 Å². The fourth-order valence-corrected chi connectivity index (χ4v) is 4.66. The number of aliphatic imine (C=N–C) groups is 1. The van der Waals surface area contributed by atoms with E-state index < -0.39 is 6.10 Å². The minimum Gasteiger partial charge on any atom is -0.386 e. The molecule has 1 atom stereocenters. The highest BCUT2D eigenvalue weighted by atomic mass is 127. The standard InChI is InChI=1S/C23H30N6OS.HI/c1-24-23(27-16-19(30)21-13-18-5-3-4-6-20(18)31-21)26-15-17-7-8-22(25-14-17)29-11-9-28(2)10-12-29;/h3-8,13-14,19,30H,9-12,15-16H2,1-2H3,(H2,24,26,27);1H. The lowest BCUT2D eigenvalue weighted by atomic mass is 10.2. The Balaban J connectivity index is 0.00000289. The second kappa shape index (κ2) is 11.8. The summed E-state index contributed by atoms with van der Waals surface area (Å²) in [7, 11) is 3.89. The van der Waals surface area contributed by atoms with Gasteiger partial charge >= 0.3 is 0 Å². The molecule has 1 aromatic carbocycles. The number of fused-ring (bicyclic) bond motifs is 1. The van der Waals surface area contributed by atoms with E-state index in [0.29, 0.717) is 19.0 Å². The molecule has 2 aromatic heterocycles. The van der Waals surface area contributed by atoms with E-state index in [0.717, 1.165) is 47.8 Å². The number of aliphatic hydroxyl groups excluding tert-OH is 1. The maximum absolute atomic E-state index is 10.6. The van der Waals surface area contributed by atoms with Crippen LogP contribution in [-0.2, 0) is 6.54 Å². The summed E-state index contributed by atoms with van der Waals surface area (Å²) in [5.41, 5.74) is 1.09. The Morgan fingerprint density at radius 2 is 1.94 bits per heavy atom. The van der Waals surface area contributed by atoms with Crippen LogP contribution in [0.4, 0.5) is 5.82 Å². The van der Waals surface area contributed by atoms with Crippen LogP contribution >= 0.6 is 35.3 Å². The van der Waals surface area contributed by atoms with Gasteiger partial charge in [-0.2, -0.15) is 0 Å². The third kappa shape index (κ3) is 6.31. The Morgan fingerprint density at radius 3 is 2.62 bits per heavy atom. The zero-order valence-electron chi connectivity index (χ0n) is 18.5. The molecule has 1 fully saturated rings. The molecular weight excluding hydrogens is 535 g/mol. The van der Waals surface area contributed by atoms with Gasteiger partial charge < -0.3 is 25.5 Å². The van der Waals surface area contributed by atoms with Crippen molar-refractivity contribution in [2.45, 2.75) is 12.6 Å². The molecule has 0 radical (unpaired) electrons. The number of thiophene rings is 1. The third-order valence-corrected chi connectivity index (χ3v) is 6.77. The van der Waals surface area contributed by atoms with Crippen molar-refractivity contribution >= 4 is 57.2 Å². The molecule has 4 rings (SSSR count). The van der Waals surface area contributed by atoms with Gasteiger partial charge in [0.1, 0.15) is 11.9 Å². The molecule has 1 aliphatic rings. The average Bonchev–Trinajstić information content (AvgIpc) is 3.24. The SMILES string of the molecule is CN=C(NCc1ccc(N2CCN(C)CC2)nc1)NCC(O)c1cc2ccccc2s1.I. The molecule has 0 saturated carbocycles. The second-order valence-corrected chi connectivity index (χ2v) is 8.94. The maximum Gasteiger partial charge on any atom is 0.191 e. The molecular formula is C23H31IN6OS. The highest BCUT2D eigenvalue weighted by Gasteiger charge is 2.15. The number of hydrogen-bond donors (Lipinski definition) is 3. The molecule has 0 bridgehead atoms. The summed E-state index contributed by atoms with van der Waals surface area (Å²) in [6.07, 6.45) is 1.33. The largest absolute Gasteiger partial charge is 0.386 e. The molecule has 3 heterocycles. The summed E-state index contributed by atoms with van der Waals surface area (Å²) in [5, 5.41) is 18.2. The van der Waals surface area contributed by atoms with Gasteiger partial charge in [-0.3, -0.25) is 4.99 Å². The Morgan fingerprint density at radius 1 is 1.16 bits per heavy atom. The maximum atomic E-state index is 10.6. The van der Waals surface area contributed by atoms with Crippen molar-refractivity contribution in [3.05, 3.63) is 59.1 Å². The van der Waals surface area contributed by atoms with Gasteiger partial charge in [0.2, 0.25) is 0 Å². The van der Waals surface area contributed by atoms with Crippen LogP contribution < -0.4 is 15.5 Å². The summed E-state index contributed by atoms with van der Waals surface area (Å²) in [5.74, 6) is 1.69. The highest BCUT2D eigenvalue weighted by Crippen LogP contribution is 2.29. The van der Waals surface area contributed by atoms with Gasteiger partial charge in [0.15, 0.2) is 5.96 Å². The summed E-state index contributed by atoms with van der Waals surface area (Å²) in [6.45, 7) is 5.18. The van der Waals surface area contributed by atoms with E-state index >= 15 is 0 Å². The van der Waals surface area contributed by atoms with Gasteiger partial charge in [0, 0.05) is 62.1 Å². The van der Waals surface area contributed by atoms with Gasteiger partial charge in [-0.25, -0.2) is 4.98 Å². The van der Waals surface area contributed by atoms with Crippen molar-refractivity contribution in [2.24, 2.45) is 4.99 Å². The van der Waals surface area contributed by atoms with E-state index in [1.807, 2.05) is 18.3 Å². The molecule has 1 unspecified atom stereocenters. The monoisotopic (exact) mass is 566 g/mol. The zero-order chi connectivity index (χ0) is 21.6. The number of benzene rings is 1. The van der Waals surface area contributed by atoms with Crippen molar-refractivity contribution in [1.82, 2.24) is 20.5 Å². The smallest absolute Gasteiger partial charge is 0.191 e. The van der Waals surface area contributed by atoms with Gasteiger partial charge in [0.25, 0.3) is 0 Å². The summed E-state index contributed by atoms with van der Waals surface area (Å²) < 4.78 is 1.19. The normalized spacial score (nSPS) is 16.0. The van der Waals surface area contributed by atoms with Gasteiger partial charge in [-0.05, 0) is 36.2 Å². The van der Waals surface area contributed by atoms with Crippen LogP contribution in [0.25, 0.3) is 10.1 Å². The molecule has 7 nitrogen and oxygen atoms in total. The minimum atomic E-state index is -0.583. The van der Waals surface area contributed by atoms with Crippen molar-refractivity contribution in [1.29, 1.82) is 0 Å². The van der Waals surface area contributed by atoms with Crippen molar-refractivity contribution in [2.75, 3.05) is 51.7 Å². The van der Waals surface area contributed by atoms with E-state index in [1.54, 1.807) is 18.4 Å². The van der Waals surface area contributed by atoms with Crippen LogP contribution in [0.15, 0.2) is 53.7 Å². The molecule has 0 aliphatic carbocycles. The molecule has 32 heavy (non-hydrogen) atoms. The topological polar surface area (TPSA) is 76.0 Å². The van der Waals surface area contributed by atoms with Crippen molar-refractivity contribution < 1.29 is 5.11 Å². The predicted molar refractivity (Wildman–Crippen MR) is 144 cm³/mol. The molecule has 1 saturated heterocycles. The van der Waals surface area contributed by atoms with Gasteiger partial charge in [-0.15, -0.1) is 35.3 Å². The first-order valence-corrected chi connectivity index (χ1v) is 11.4. The van der Waals surface area contributed by atoms with Crippen LogP contribution in [0, 0.1) is 0 Å². The number of nitrogens with zero attached hydrogens (tertiary/aromatic N) is 4. The summed E-state index contributed by atoms with van der Waals surface area (Å²) >= 11 is 1.62.